The van der Waals surface area contributed by atoms with Crippen molar-refractivity contribution < 1.29 is 4.74 Å². The van der Waals surface area contributed by atoms with Gasteiger partial charge in [-0.05, 0) is 26.0 Å². The fourth-order valence-corrected chi connectivity index (χ4v) is 2.32. The number of imidazole rings is 1. The van der Waals surface area contributed by atoms with Crippen LogP contribution in [0, 0.1) is 0 Å². The minimum Gasteiger partial charge on any atom is -0.372 e. The second kappa shape index (κ2) is 5.69. The van der Waals surface area contributed by atoms with Crippen LogP contribution in [-0.4, -0.2) is 22.7 Å². The summed E-state index contributed by atoms with van der Waals surface area (Å²) in [5.41, 5.74) is 7.29. The van der Waals surface area contributed by atoms with Crippen molar-refractivity contribution in [2.24, 2.45) is 5.73 Å². The van der Waals surface area contributed by atoms with Crippen LogP contribution in [0.4, 0.5) is 0 Å². The Hall–Kier alpha value is -1.10. The molecule has 1 aromatic heterocycles. The molecule has 0 unspecified atom stereocenters. The molecule has 1 heterocycles. The van der Waals surface area contributed by atoms with Gasteiger partial charge in [-0.2, -0.15) is 0 Å². The molecule has 0 amide bonds. The maximum Gasteiger partial charge on any atom is 0.136 e. The highest BCUT2D eigenvalue weighted by Gasteiger charge is 2.15. The van der Waals surface area contributed by atoms with Crippen LogP contribution in [0.2, 0.25) is 5.02 Å². The lowest BCUT2D eigenvalue weighted by Gasteiger charge is -2.13. The van der Waals surface area contributed by atoms with Gasteiger partial charge in [-0.1, -0.05) is 17.7 Å². The Balaban J connectivity index is 2.45. The van der Waals surface area contributed by atoms with Crippen molar-refractivity contribution in [3.05, 3.63) is 29.0 Å². The van der Waals surface area contributed by atoms with E-state index < -0.39 is 0 Å². The van der Waals surface area contributed by atoms with Gasteiger partial charge in [0.1, 0.15) is 12.4 Å². The van der Waals surface area contributed by atoms with Gasteiger partial charge < -0.3 is 15.0 Å². The first-order valence-corrected chi connectivity index (χ1v) is 6.46. The smallest absolute Gasteiger partial charge is 0.136 e. The molecule has 2 aromatic rings. The normalized spacial score (nSPS) is 11.6. The number of hydrogen-bond acceptors (Lipinski definition) is 3. The molecule has 0 fully saturated rings. The van der Waals surface area contributed by atoms with E-state index in [4.69, 9.17) is 22.1 Å². The van der Waals surface area contributed by atoms with Gasteiger partial charge in [0.15, 0.2) is 0 Å². The number of benzene rings is 1. The Morgan fingerprint density at radius 3 is 2.89 bits per heavy atom. The average Bonchev–Trinajstić information content (AvgIpc) is 2.69. The Labute approximate surface area is 112 Å². The lowest BCUT2D eigenvalue weighted by molar-refractivity contribution is 0.119. The lowest BCUT2D eigenvalue weighted by Crippen LogP contribution is -2.12. The van der Waals surface area contributed by atoms with E-state index in [1.165, 1.54) is 0 Å². The Morgan fingerprint density at radius 2 is 2.22 bits per heavy atom. The van der Waals surface area contributed by atoms with Crippen LogP contribution in [0.1, 0.15) is 25.7 Å². The third-order valence-electron chi connectivity index (χ3n) is 2.74. The summed E-state index contributed by atoms with van der Waals surface area (Å²) in [4.78, 5) is 4.58. The maximum absolute atomic E-state index is 6.26. The number of nitrogens with zero attached hydrogens (tertiary/aromatic N) is 2. The molecular weight excluding hydrogens is 250 g/mol. The molecule has 2 rings (SSSR count). The summed E-state index contributed by atoms with van der Waals surface area (Å²) >= 11 is 6.26. The molecule has 18 heavy (non-hydrogen) atoms. The molecule has 0 atom stereocenters. The van der Waals surface area contributed by atoms with Crippen LogP contribution >= 0.6 is 11.6 Å². The minimum absolute atomic E-state index is 0.284. The summed E-state index contributed by atoms with van der Waals surface area (Å²) in [7, 11) is 0. The van der Waals surface area contributed by atoms with Crippen LogP contribution in [0.3, 0.4) is 0 Å². The van der Waals surface area contributed by atoms with Gasteiger partial charge in [0.05, 0.1) is 22.7 Å². The number of aromatic nitrogens is 2. The first kappa shape index (κ1) is 13.3. The van der Waals surface area contributed by atoms with Crippen molar-refractivity contribution in [3.63, 3.8) is 0 Å². The minimum atomic E-state index is 0.284. The van der Waals surface area contributed by atoms with Crippen LogP contribution in [-0.2, 0) is 11.3 Å². The molecule has 98 valence electrons. The summed E-state index contributed by atoms with van der Waals surface area (Å²) in [5, 5.41) is 0.721. The quantitative estimate of drug-likeness (QED) is 0.848. The molecule has 2 N–H and O–H groups in total. The van der Waals surface area contributed by atoms with Crippen molar-refractivity contribution in [3.8, 4) is 0 Å². The molecular formula is C13H18ClN3O. The predicted octanol–water partition coefficient (Wildman–Crippen LogP) is 2.75. The summed E-state index contributed by atoms with van der Waals surface area (Å²) < 4.78 is 7.60. The SMILES string of the molecule is CC(C)n1c(COCCN)nc2cccc(Cl)c21. The number of nitrogens with two attached hydrogens (primary N) is 1. The zero-order valence-electron chi connectivity index (χ0n) is 10.7. The van der Waals surface area contributed by atoms with E-state index in [1.807, 2.05) is 18.2 Å². The highest BCUT2D eigenvalue weighted by atomic mass is 35.5. The largest absolute Gasteiger partial charge is 0.372 e. The number of hydrogen-bond donors (Lipinski definition) is 1. The Morgan fingerprint density at radius 1 is 1.44 bits per heavy atom. The number of para-hydroxylation sites is 1. The molecule has 0 radical (unpaired) electrons. The van der Waals surface area contributed by atoms with Gasteiger partial charge in [-0.25, -0.2) is 4.98 Å². The highest BCUT2D eigenvalue weighted by Crippen LogP contribution is 2.27. The van der Waals surface area contributed by atoms with E-state index in [9.17, 15) is 0 Å². The van der Waals surface area contributed by atoms with Crippen LogP contribution < -0.4 is 5.73 Å². The molecule has 4 nitrogen and oxygen atoms in total. The van der Waals surface area contributed by atoms with Crippen LogP contribution in [0.25, 0.3) is 11.0 Å². The fourth-order valence-electron chi connectivity index (χ4n) is 2.06. The maximum atomic E-state index is 6.26. The van der Waals surface area contributed by atoms with Gasteiger partial charge >= 0.3 is 0 Å². The molecule has 0 aliphatic heterocycles. The van der Waals surface area contributed by atoms with Gasteiger partial charge in [-0.3, -0.25) is 0 Å². The Bertz CT molecular complexity index is 536. The fraction of sp³-hybridized carbons (Fsp3) is 0.462. The Kier molecular flexibility index (Phi) is 4.22. The number of fused-ring (bicyclic) bond motifs is 1. The van der Waals surface area contributed by atoms with Crippen molar-refractivity contribution in [1.82, 2.24) is 9.55 Å². The average molecular weight is 268 g/mol. The molecule has 0 spiro atoms. The van der Waals surface area contributed by atoms with E-state index in [-0.39, 0.29) is 6.04 Å². The summed E-state index contributed by atoms with van der Waals surface area (Å²) in [6.07, 6.45) is 0. The molecule has 5 heteroatoms. The first-order chi connectivity index (χ1) is 8.65. The monoisotopic (exact) mass is 267 g/mol. The number of halogens is 1. The third kappa shape index (κ3) is 2.51. The van der Waals surface area contributed by atoms with Crippen LogP contribution in [0.15, 0.2) is 18.2 Å². The summed E-state index contributed by atoms with van der Waals surface area (Å²) in [6, 6.07) is 6.04. The van der Waals surface area contributed by atoms with E-state index in [0.29, 0.717) is 19.8 Å². The zero-order chi connectivity index (χ0) is 13.1. The molecule has 0 saturated heterocycles. The number of ether oxygens (including phenoxy) is 1. The van der Waals surface area contributed by atoms with Gasteiger partial charge in [0.25, 0.3) is 0 Å². The third-order valence-corrected chi connectivity index (χ3v) is 3.05. The van der Waals surface area contributed by atoms with Crippen molar-refractivity contribution in [2.75, 3.05) is 13.2 Å². The van der Waals surface area contributed by atoms with Gasteiger partial charge in [0.2, 0.25) is 0 Å². The molecule has 1 aromatic carbocycles. The van der Waals surface area contributed by atoms with Gasteiger partial charge in [0, 0.05) is 12.6 Å². The van der Waals surface area contributed by atoms with Crippen molar-refractivity contribution in [1.29, 1.82) is 0 Å². The van der Waals surface area contributed by atoms with E-state index in [0.717, 1.165) is 21.9 Å². The molecule has 0 saturated carbocycles. The summed E-state index contributed by atoms with van der Waals surface area (Å²) in [5.74, 6) is 0.890. The highest BCUT2D eigenvalue weighted by molar-refractivity contribution is 6.35. The van der Waals surface area contributed by atoms with Gasteiger partial charge in [-0.15, -0.1) is 0 Å². The van der Waals surface area contributed by atoms with Crippen molar-refractivity contribution in [2.45, 2.75) is 26.5 Å². The second-order valence-electron chi connectivity index (χ2n) is 4.44. The topological polar surface area (TPSA) is 53.1 Å². The summed E-state index contributed by atoms with van der Waals surface area (Å²) in [6.45, 7) is 5.73. The standard InChI is InChI=1S/C13H18ClN3O/c1-9(2)17-12(8-18-7-6-15)16-11-5-3-4-10(14)13(11)17/h3-5,9H,6-8,15H2,1-2H3. The molecule has 0 aliphatic rings. The number of rotatable bonds is 5. The predicted molar refractivity (Wildman–Crippen MR) is 73.8 cm³/mol. The second-order valence-corrected chi connectivity index (χ2v) is 4.85. The van der Waals surface area contributed by atoms with Crippen LogP contribution in [0.5, 0.6) is 0 Å². The molecule has 0 bridgehead atoms. The zero-order valence-corrected chi connectivity index (χ0v) is 11.4. The van der Waals surface area contributed by atoms with E-state index >= 15 is 0 Å². The van der Waals surface area contributed by atoms with E-state index in [1.54, 1.807) is 0 Å². The lowest BCUT2D eigenvalue weighted by atomic mass is 10.3. The first-order valence-electron chi connectivity index (χ1n) is 6.08. The van der Waals surface area contributed by atoms with E-state index in [2.05, 4.69) is 23.4 Å². The molecule has 0 aliphatic carbocycles. The van der Waals surface area contributed by atoms with Crippen molar-refractivity contribution >= 4 is 22.6 Å².